The van der Waals surface area contributed by atoms with E-state index < -0.39 is 6.61 Å². The first-order valence-corrected chi connectivity index (χ1v) is 6.51. The Morgan fingerprint density at radius 3 is 2.50 bits per heavy atom. The standard InChI is InChI=1S/C14H20F2N2O2/c1-10(18-13(19)4-3-9-17-2)11-5-7-12(8-6-11)20-14(15)16/h5-8,10,14,17H,3-4,9H2,1-2H3,(H,18,19). The van der Waals surface area contributed by atoms with Crippen LogP contribution in [0.2, 0.25) is 0 Å². The Bertz CT molecular complexity index is 410. The average molecular weight is 286 g/mol. The second-order valence-corrected chi connectivity index (χ2v) is 4.44. The van der Waals surface area contributed by atoms with Gasteiger partial charge in [-0.1, -0.05) is 12.1 Å². The SMILES string of the molecule is CNCCCC(=O)NC(C)c1ccc(OC(F)F)cc1. The number of hydrogen-bond acceptors (Lipinski definition) is 3. The van der Waals surface area contributed by atoms with Crippen LogP contribution in [0.15, 0.2) is 24.3 Å². The minimum atomic E-state index is -2.83. The zero-order valence-corrected chi connectivity index (χ0v) is 11.7. The summed E-state index contributed by atoms with van der Waals surface area (Å²) in [5, 5.41) is 5.83. The Balaban J connectivity index is 2.46. The predicted octanol–water partition coefficient (Wildman–Crippen LogP) is 2.46. The van der Waals surface area contributed by atoms with E-state index in [2.05, 4.69) is 15.4 Å². The van der Waals surface area contributed by atoms with Crippen LogP contribution in [0.4, 0.5) is 8.78 Å². The van der Waals surface area contributed by atoms with Gasteiger partial charge in [-0.3, -0.25) is 4.79 Å². The number of benzene rings is 1. The third-order valence-corrected chi connectivity index (χ3v) is 2.81. The monoisotopic (exact) mass is 286 g/mol. The van der Waals surface area contributed by atoms with Crippen molar-refractivity contribution < 1.29 is 18.3 Å². The third kappa shape index (κ3) is 5.97. The normalized spacial score (nSPS) is 12.2. The molecule has 0 aliphatic heterocycles. The van der Waals surface area contributed by atoms with Gasteiger partial charge in [-0.15, -0.1) is 0 Å². The van der Waals surface area contributed by atoms with Gasteiger partial charge in [0.2, 0.25) is 5.91 Å². The van der Waals surface area contributed by atoms with Crippen molar-refractivity contribution in [3.8, 4) is 5.75 Å². The number of carbonyl (C=O) groups is 1. The summed E-state index contributed by atoms with van der Waals surface area (Å²) in [5.41, 5.74) is 0.841. The summed E-state index contributed by atoms with van der Waals surface area (Å²) in [7, 11) is 1.84. The molecule has 1 atom stereocenters. The molecule has 0 saturated carbocycles. The van der Waals surface area contributed by atoms with Crippen molar-refractivity contribution in [2.75, 3.05) is 13.6 Å². The summed E-state index contributed by atoms with van der Waals surface area (Å²) in [4.78, 5) is 11.7. The Labute approximate surface area is 117 Å². The van der Waals surface area contributed by atoms with Gasteiger partial charge < -0.3 is 15.4 Å². The number of halogens is 2. The minimum absolute atomic E-state index is 0.0272. The highest BCUT2D eigenvalue weighted by molar-refractivity contribution is 5.76. The molecule has 1 unspecified atom stereocenters. The van der Waals surface area contributed by atoms with E-state index in [0.717, 1.165) is 18.5 Å². The molecule has 0 spiro atoms. The summed E-state index contributed by atoms with van der Waals surface area (Å²) in [5.74, 6) is 0.0805. The molecule has 0 aliphatic rings. The van der Waals surface area contributed by atoms with Gasteiger partial charge in [-0.25, -0.2) is 0 Å². The first-order chi connectivity index (χ1) is 9.52. The third-order valence-electron chi connectivity index (χ3n) is 2.81. The Hall–Kier alpha value is -1.69. The predicted molar refractivity (Wildman–Crippen MR) is 72.8 cm³/mol. The van der Waals surface area contributed by atoms with Crippen LogP contribution < -0.4 is 15.4 Å². The summed E-state index contributed by atoms with van der Waals surface area (Å²) in [6, 6.07) is 6.08. The molecule has 0 saturated heterocycles. The van der Waals surface area contributed by atoms with Crippen LogP contribution in [0, 0.1) is 0 Å². The molecule has 0 bridgehead atoms. The highest BCUT2D eigenvalue weighted by Crippen LogP contribution is 2.19. The van der Waals surface area contributed by atoms with Crippen LogP contribution >= 0.6 is 0 Å². The van der Waals surface area contributed by atoms with Gasteiger partial charge in [0.05, 0.1) is 6.04 Å². The van der Waals surface area contributed by atoms with Crippen molar-refractivity contribution in [1.29, 1.82) is 0 Å². The van der Waals surface area contributed by atoms with Gasteiger partial charge in [-0.2, -0.15) is 8.78 Å². The molecule has 1 aromatic carbocycles. The number of alkyl halides is 2. The zero-order chi connectivity index (χ0) is 15.0. The maximum atomic E-state index is 12.0. The molecule has 0 heterocycles. The van der Waals surface area contributed by atoms with Crippen molar-refractivity contribution >= 4 is 5.91 Å². The van der Waals surface area contributed by atoms with Crippen molar-refractivity contribution in [1.82, 2.24) is 10.6 Å². The summed E-state index contributed by atoms with van der Waals surface area (Å²) in [6.07, 6.45) is 1.23. The number of rotatable bonds is 8. The maximum Gasteiger partial charge on any atom is 0.387 e. The van der Waals surface area contributed by atoms with Crippen LogP contribution in [-0.4, -0.2) is 26.1 Å². The fourth-order valence-corrected chi connectivity index (χ4v) is 1.76. The highest BCUT2D eigenvalue weighted by Gasteiger charge is 2.10. The quantitative estimate of drug-likeness (QED) is 0.722. The molecule has 112 valence electrons. The van der Waals surface area contributed by atoms with E-state index in [9.17, 15) is 13.6 Å². The molecule has 0 aromatic heterocycles. The number of carbonyl (C=O) groups excluding carboxylic acids is 1. The Kier molecular flexibility index (Phi) is 6.93. The highest BCUT2D eigenvalue weighted by atomic mass is 19.3. The molecule has 0 radical (unpaired) electrons. The lowest BCUT2D eigenvalue weighted by molar-refractivity contribution is -0.121. The zero-order valence-electron chi connectivity index (χ0n) is 11.7. The van der Waals surface area contributed by atoms with Gasteiger partial charge in [0, 0.05) is 6.42 Å². The summed E-state index contributed by atoms with van der Waals surface area (Å²) < 4.78 is 28.3. The molecule has 1 aromatic rings. The minimum Gasteiger partial charge on any atom is -0.435 e. The average Bonchev–Trinajstić information content (AvgIpc) is 2.39. The van der Waals surface area contributed by atoms with Gasteiger partial charge in [0.15, 0.2) is 0 Å². The van der Waals surface area contributed by atoms with Crippen LogP contribution in [-0.2, 0) is 4.79 Å². The smallest absolute Gasteiger partial charge is 0.387 e. The van der Waals surface area contributed by atoms with Crippen molar-refractivity contribution in [3.05, 3.63) is 29.8 Å². The van der Waals surface area contributed by atoms with Gasteiger partial charge in [0.25, 0.3) is 0 Å². The maximum absolute atomic E-state index is 12.0. The van der Waals surface area contributed by atoms with Crippen LogP contribution in [0.3, 0.4) is 0 Å². The van der Waals surface area contributed by atoms with E-state index in [-0.39, 0.29) is 17.7 Å². The molecule has 1 amide bonds. The lowest BCUT2D eigenvalue weighted by atomic mass is 10.1. The topological polar surface area (TPSA) is 50.4 Å². The second kappa shape index (κ2) is 8.47. The summed E-state index contributed by atoms with van der Waals surface area (Å²) in [6.45, 7) is -0.189. The van der Waals surface area contributed by atoms with E-state index in [1.807, 2.05) is 14.0 Å². The van der Waals surface area contributed by atoms with Crippen molar-refractivity contribution in [2.24, 2.45) is 0 Å². The fourth-order valence-electron chi connectivity index (χ4n) is 1.76. The molecule has 0 aliphatic carbocycles. The molecule has 2 N–H and O–H groups in total. The van der Waals surface area contributed by atoms with Crippen molar-refractivity contribution in [3.63, 3.8) is 0 Å². The van der Waals surface area contributed by atoms with E-state index in [0.29, 0.717) is 6.42 Å². The molecule has 4 nitrogen and oxygen atoms in total. The second-order valence-electron chi connectivity index (χ2n) is 4.44. The lowest BCUT2D eigenvalue weighted by Crippen LogP contribution is -2.27. The van der Waals surface area contributed by atoms with Crippen LogP contribution in [0.5, 0.6) is 5.75 Å². The van der Waals surface area contributed by atoms with Crippen molar-refractivity contribution in [2.45, 2.75) is 32.4 Å². The van der Waals surface area contributed by atoms with Gasteiger partial charge in [0.1, 0.15) is 5.75 Å². The van der Waals surface area contributed by atoms with E-state index in [1.165, 1.54) is 12.1 Å². The number of hydrogen-bond donors (Lipinski definition) is 2. The number of ether oxygens (including phenoxy) is 1. The molecule has 0 fully saturated rings. The first kappa shape index (κ1) is 16.4. The van der Waals surface area contributed by atoms with E-state index in [4.69, 9.17) is 0 Å². The van der Waals surface area contributed by atoms with E-state index >= 15 is 0 Å². The summed E-state index contributed by atoms with van der Waals surface area (Å²) >= 11 is 0. The largest absolute Gasteiger partial charge is 0.435 e. The van der Waals surface area contributed by atoms with Crippen LogP contribution in [0.1, 0.15) is 31.4 Å². The molecule has 20 heavy (non-hydrogen) atoms. The lowest BCUT2D eigenvalue weighted by Gasteiger charge is -2.15. The van der Waals surface area contributed by atoms with Gasteiger partial charge >= 0.3 is 6.61 Å². The van der Waals surface area contributed by atoms with E-state index in [1.54, 1.807) is 12.1 Å². The molecular formula is C14H20F2N2O2. The fraction of sp³-hybridized carbons (Fsp3) is 0.500. The van der Waals surface area contributed by atoms with Gasteiger partial charge in [-0.05, 0) is 44.6 Å². The first-order valence-electron chi connectivity index (χ1n) is 6.51. The molecule has 1 rings (SSSR count). The number of nitrogens with one attached hydrogen (secondary N) is 2. The van der Waals surface area contributed by atoms with Crippen LogP contribution in [0.25, 0.3) is 0 Å². The Morgan fingerprint density at radius 1 is 1.30 bits per heavy atom. The molecule has 6 heteroatoms. The number of amides is 1. The molecular weight excluding hydrogens is 266 g/mol. The Morgan fingerprint density at radius 2 is 1.95 bits per heavy atom.